The van der Waals surface area contributed by atoms with E-state index in [1.807, 2.05) is 0 Å². The number of nitrogens with one attached hydrogen (secondary N) is 1. The Balaban J connectivity index is 2.25. The van der Waals surface area contributed by atoms with Gasteiger partial charge < -0.3 is 5.32 Å². The van der Waals surface area contributed by atoms with Crippen molar-refractivity contribution in [1.82, 2.24) is 5.32 Å². The minimum absolute atomic E-state index is 0.500. The third-order valence-electron chi connectivity index (χ3n) is 3.39. The SMILES string of the molecule is CCCNC(CCC)c1ccc2ccccc2c1. The van der Waals surface area contributed by atoms with Crippen LogP contribution in [0.15, 0.2) is 42.5 Å². The highest BCUT2D eigenvalue weighted by atomic mass is 14.9. The molecule has 1 nitrogen and oxygen atoms in total. The smallest absolute Gasteiger partial charge is 0.0320 e. The molecular weight excluding hydrogens is 218 g/mol. The molecule has 2 aromatic rings. The zero-order valence-electron chi connectivity index (χ0n) is 11.4. The summed E-state index contributed by atoms with van der Waals surface area (Å²) in [6.07, 6.45) is 3.61. The first-order chi connectivity index (χ1) is 8.85. The highest BCUT2D eigenvalue weighted by molar-refractivity contribution is 5.83. The Morgan fingerprint density at radius 3 is 2.44 bits per heavy atom. The summed E-state index contributed by atoms with van der Waals surface area (Å²) in [5.74, 6) is 0. The van der Waals surface area contributed by atoms with Gasteiger partial charge in [-0.15, -0.1) is 0 Å². The molecule has 0 spiro atoms. The average molecular weight is 241 g/mol. The van der Waals surface area contributed by atoms with Crippen molar-refractivity contribution >= 4 is 10.8 Å². The van der Waals surface area contributed by atoms with E-state index in [0.717, 1.165) is 6.54 Å². The molecule has 1 heteroatoms. The van der Waals surface area contributed by atoms with Gasteiger partial charge in [-0.3, -0.25) is 0 Å². The van der Waals surface area contributed by atoms with E-state index in [0.29, 0.717) is 6.04 Å². The minimum Gasteiger partial charge on any atom is -0.310 e. The van der Waals surface area contributed by atoms with Crippen molar-refractivity contribution in [2.45, 2.75) is 39.2 Å². The van der Waals surface area contributed by atoms with Crippen molar-refractivity contribution in [3.8, 4) is 0 Å². The lowest BCUT2D eigenvalue weighted by Gasteiger charge is -2.18. The number of rotatable bonds is 6. The lowest BCUT2D eigenvalue weighted by Crippen LogP contribution is -2.21. The summed E-state index contributed by atoms with van der Waals surface area (Å²) in [4.78, 5) is 0. The maximum Gasteiger partial charge on any atom is 0.0320 e. The van der Waals surface area contributed by atoms with Crippen LogP contribution in [0.1, 0.15) is 44.7 Å². The molecule has 96 valence electrons. The average Bonchev–Trinajstić information content (AvgIpc) is 2.43. The predicted molar refractivity (Wildman–Crippen MR) is 79.9 cm³/mol. The lowest BCUT2D eigenvalue weighted by atomic mass is 9.99. The lowest BCUT2D eigenvalue weighted by molar-refractivity contribution is 0.494. The summed E-state index contributed by atoms with van der Waals surface area (Å²) in [5, 5.41) is 6.32. The van der Waals surface area contributed by atoms with E-state index in [1.165, 1.54) is 35.6 Å². The van der Waals surface area contributed by atoms with Gasteiger partial charge in [0.05, 0.1) is 0 Å². The second-order valence-electron chi connectivity index (χ2n) is 4.90. The maximum absolute atomic E-state index is 3.65. The van der Waals surface area contributed by atoms with Gasteiger partial charge in [-0.25, -0.2) is 0 Å². The second kappa shape index (κ2) is 6.55. The van der Waals surface area contributed by atoms with Crippen molar-refractivity contribution < 1.29 is 0 Å². The molecule has 1 atom stereocenters. The summed E-state index contributed by atoms with van der Waals surface area (Å²) in [6, 6.07) is 15.9. The second-order valence-corrected chi connectivity index (χ2v) is 4.90. The fourth-order valence-electron chi connectivity index (χ4n) is 2.42. The van der Waals surface area contributed by atoms with Crippen molar-refractivity contribution in [3.63, 3.8) is 0 Å². The summed E-state index contributed by atoms with van der Waals surface area (Å²) in [7, 11) is 0. The molecule has 1 unspecified atom stereocenters. The quantitative estimate of drug-likeness (QED) is 0.774. The molecule has 0 aliphatic heterocycles. The van der Waals surface area contributed by atoms with Gasteiger partial charge in [-0.2, -0.15) is 0 Å². The van der Waals surface area contributed by atoms with Gasteiger partial charge in [0.25, 0.3) is 0 Å². The van der Waals surface area contributed by atoms with E-state index < -0.39 is 0 Å². The number of hydrogen-bond acceptors (Lipinski definition) is 1. The molecule has 0 amide bonds. The van der Waals surface area contributed by atoms with Crippen LogP contribution in [0.25, 0.3) is 10.8 Å². The monoisotopic (exact) mass is 241 g/mol. The first kappa shape index (κ1) is 13.1. The molecular formula is C17H23N. The first-order valence-electron chi connectivity index (χ1n) is 7.07. The molecule has 18 heavy (non-hydrogen) atoms. The molecule has 0 radical (unpaired) electrons. The van der Waals surface area contributed by atoms with Crippen LogP contribution < -0.4 is 5.32 Å². The van der Waals surface area contributed by atoms with E-state index in [1.54, 1.807) is 0 Å². The van der Waals surface area contributed by atoms with Crippen LogP contribution in [-0.4, -0.2) is 6.54 Å². The van der Waals surface area contributed by atoms with Gasteiger partial charge in [0, 0.05) is 6.04 Å². The van der Waals surface area contributed by atoms with Crippen molar-refractivity contribution in [3.05, 3.63) is 48.0 Å². The summed E-state index contributed by atoms with van der Waals surface area (Å²) in [6.45, 7) is 5.57. The summed E-state index contributed by atoms with van der Waals surface area (Å²) in [5.41, 5.74) is 1.42. The van der Waals surface area contributed by atoms with Crippen LogP contribution in [0.3, 0.4) is 0 Å². The zero-order valence-corrected chi connectivity index (χ0v) is 11.4. The number of benzene rings is 2. The standard InChI is InChI=1S/C17H23N/c1-3-7-17(18-12-4-2)16-11-10-14-8-5-6-9-15(14)13-16/h5-6,8-11,13,17-18H,3-4,7,12H2,1-2H3. The van der Waals surface area contributed by atoms with E-state index >= 15 is 0 Å². The largest absolute Gasteiger partial charge is 0.310 e. The molecule has 0 saturated heterocycles. The Bertz CT molecular complexity index is 490. The topological polar surface area (TPSA) is 12.0 Å². The highest BCUT2D eigenvalue weighted by Gasteiger charge is 2.09. The molecule has 2 rings (SSSR count). The summed E-state index contributed by atoms with van der Waals surface area (Å²) < 4.78 is 0. The van der Waals surface area contributed by atoms with Crippen molar-refractivity contribution in [2.24, 2.45) is 0 Å². The molecule has 0 fully saturated rings. The van der Waals surface area contributed by atoms with Crippen molar-refractivity contribution in [1.29, 1.82) is 0 Å². The fraction of sp³-hybridized carbons (Fsp3) is 0.412. The Kier molecular flexibility index (Phi) is 4.77. The van der Waals surface area contributed by atoms with Crippen LogP contribution in [0.5, 0.6) is 0 Å². The molecule has 0 aliphatic rings. The Hall–Kier alpha value is -1.34. The third-order valence-corrected chi connectivity index (χ3v) is 3.39. The van der Waals surface area contributed by atoms with Gasteiger partial charge in [0.15, 0.2) is 0 Å². The molecule has 0 heterocycles. The fourth-order valence-corrected chi connectivity index (χ4v) is 2.42. The number of hydrogen-bond donors (Lipinski definition) is 1. The third kappa shape index (κ3) is 3.11. The van der Waals surface area contributed by atoms with Gasteiger partial charge in [-0.1, -0.05) is 56.7 Å². The van der Waals surface area contributed by atoms with Crippen LogP contribution in [-0.2, 0) is 0 Å². The Morgan fingerprint density at radius 2 is 1.72 bits per heavy atom. The first-order valence-corrected chi connectivity index (χ1v) is 7.07. The zero-order chi connectivity index (χ0) is 12.8. The van der Waals surface area contributed by atoms with Gasteiger partial charge in [-0.05, 0) is 41.8 Å². The van der Waals surface area contributed by atoms with E-state index in [9.17, 15) is 0 Å². The van der Waals surface area contributed by atoms with Crippen LogP contribution in [0, 0.1) is 0 Å². The van der Waals surface area contributed by atoms with Gasteiger partial charge in [0.1, 0.15) is 0 Å². The van der Waals surface area contributed by atoms with Gasteiger partial charge >= 0.3 is 0 Å². The molecule has 2 aromatic carbocycles. The van der Waals surface area contributed by atoms with Gasteiger partial charge in [0.2, 0.25) is 0 Å². The highest BCUT2D eigenvalue weighted by Crippen LogP contribution is 2.23. The maximum atomic E-state index is 3.65. The molecule has 0 aliphatic carbocycles. The normalized spacial score (nSPS) is 12.8. The molecule has 0 saturated carbocycles. The van der Waals surface area contributed by atoms with E-state index in [4.69, 9.17) is 0 Å². The Morgan fingerprint density at radius 1 is 0.944 bits per heavy atom. The van der Waals surface area contributed by atoms with Crippen LogP contribution >= 0.6 is 0 Å². The molecule has 0 bridgehead atoms. The van der Waals surface area contributed by atoms with E-state index in [-0.39, 0.29) is 0 Å². The Labute approximate surface area is 110 Å². The molecule has 1 N–H and O–H groups in total. The predicted octanol–water partition coefficient (Wildman–Crippen LogP) is 4.68. The number of fused-ring (bicyclic) bond motifs is 1. The van der Waals surface area contributed by atoms with Crippen molar-refractivity contribution in [2.75, 3.05) is 6.54 Å². The van der Waals surface area contributed by atoms with E-state index in [2.05, 4.69) is 61.6 Å². The molecule has 0 aromatic heterocycles. The van der Waals surface area contributed by atoms with Crippen LogP contribution in [0.4, 0.5) is 0 Å². The minimum atomic E-state index is 0.500. The summed E-state index contributed by atoms with van der Waals surface area (Å²) >= 11 is 0. The van der Waals surface area contributed by atoms with Crippen LogP contribution in [0.2, 0.25) is 0 Å².